The number of guanidine groups is 1. The summed E-state index contributed by atoms with van der Waals surface area (Å²) in [6.07, 6.45) is 4.12. The summed E-state index contributed by atoms with van der Waals surface area (Å²) >= 11 is 0. The average Bonchev–Trinajstić information content (AvgIpc) is 3.20. The number of benzene rings is 1. The molecule has 3 aromatic rings. The molecule has 2 heterocycles. The highest BCUT2D eigenvalue weighted by Crippen LogP contribution is 2.15. The lowest BCUT2D eigenvalue weighted by atomic mass is 10.1. The number of nitrogens with zero attached hydrogens (tertiary/aromatic N) is 4. The fourth-order valence-corrected chi connectivity index (χ4v) is 3.59. The van der Waals surface area contributed by atoms with Gasteiger partial charge < -0.3 is 15.2 Å². The van der Waals surface area contributed by atoms with Crippen molar-refractivity contribution in [2.75, 3.05) is 19.6 Å². The molecular weight excluding hydrogens is 348 g/mol. The molecule has 0 bridgehead atoms. The topological polar surface area (TPSA) is 59.2 Å². The molecule has 0 atom stereocenters. The zero-order valence-electron chi connectivity index (χ0n) is 17.5. The van der Waals surface area contributed by atoms with Gasteiger partial charge in [-0.25, -0.2) is 0 Å². The summed E-state index contributed by atoms with van der Waals surface area (Å²) < 4.78 is 4.26. The summed E-state index contributed by atoms with van der Waals surface area (Å²) in [4.78, 5) is 4.73. The van der Waals surface area contributed by atoms with Gasteiger partial charge in [0, 0.05) is 50.6 Å². The minimum Gasteiger partial charge on any atom is -0.357 e. The number of hydrogen-bond donors (Lipinski definition) is 2. The Labute approximate surface area is 167 Å². The van der Waals surface area contributed by atoms with E-state index in [9.17, 15) is 0 Å². The van der Waals surface area contributed by atoms with E-state index in [1.807, 2.05) is 11.7 Å². The monoisotopic (exact) mass is 380 g/mol. The molecule has 0 fully saturated rings. The first-order valence-corrected chi connectivity index (χ1v) is 10.1. The molecule has 0 aliphatic heterocycles. The van der Waals surface area contributed by atoms with Crippen LogP contribution in [0.1, 0.15) is 30.3 Å². The van der Waals surface area contributed by atoms with Gasteiger partial charge in [0.2, 0.25) is 0 Å². The van der Waals surface area contributed by atoms with Crippen molar-refractivity contribution in [3.05, 3.63) is 53.5 Å². The van der Waals surface area contributed by atoms with Crippen LogP contribution in [0.25, 0.3) is 10.9 Å². The van der Waals surface area contributed by atoms with Gasteiger partial charge in [-0.3, -0.25) is 9.67 Å². The Morgan fingerprint density at radius 3 is 2.71 bits per heavy atom. The summed E-state index contributed by atoms with van der Waals surface area (Å²) in [5.41, 5.74) is 4.96. The van der Waals surface area contributed by atoms with Crippen LogP contribution in [0, 0.1) is 13.8 Å². The molecule has 0 saturated carbocycles. The molecule has 2 N–H and O–H groups in total. The highest BCUT2D eigenvalue weighted by molar-refractivity contribution is 5.80. The van der Waals surface area contributed by atoms with Gasteiger partial charge in [0.1, 0.15) is 0 Å². The molecule has 0 unspecified atom stereocenters. The summed E-state index contributed by atoms with van der Waals surface area (Å²) in [5, 5.41) is 12.6. The number of fused-ring (bicyclic) bond motifs is 1. The van der Waals surface area contributed by atoms with E-state index in [2.05, 4.69) is 77.6 Å². The van der Waals surface area contributed by atoms with Crippen molar-refractivity contribution < 1.29 is 0 Å². The third kappa shape index (κ3) is 4.74. The lowest BCUT2D eigenvalue weighted by Gasteiger charge is -2.12. The first-order chi connectivity index (χ1) is 13.6. The summed E-state index contributed by atoms with van der Waals surface area (Å²) in [7, 11) is 2.00. The summed E-state index contributed by atoms with van der Waals surface area (Å²) in [6, 6.07) is 10.7. The van der Waals surface area contributed by atoms with Crippen LogP contribution < -0.4 is 10.6 Å². The Bertz CT molecular complexity index is 934. The third-order valence-electron chi connectivity index (χ3n) is 5.18. The second-order valence-corrected chi connectivity index (χ2v) is 7.13. The van der Waals surface area contributed by atoms with E-state index in [1.165, 1.54) is 22.2 Å². The van der Waals surface area contributed by atoms with E-state index in [1.54, 1.807) is 0 Å². The van der Waals surface area contributed by atoms with Crippen LogP contribution in [0.4, 0.5) is 0 Å². The van der Waals surface area contributed by atoms with Gasteiger partial charge in [-0.2, -0.15) is 5.10 Å². The van der Waals surface area contributed by atoms with Crippen LogP contribution in [-0.4, -0.2) is 39.9 Å². The lowest BCUT2D eigenvalue weighted by molar-refractivity contribution is 0.666. The van der Waals surface area contributed by atoms with Gasteiger partial charge in [0.25, 0.3) is 0 Å². The first-order valence-electron chi connectivity index (χ1n) is 10.1. The van der Waals surface area contributed by atoms with Crippen molar-refractivity contribution in [1.29, 1.82) is 0 Å². The Kier molecular flexibility index (Phi) is 6.74. The normalized spacial score (nSPS) is 11.9. The number of aliphatic imine (C=N–C) groups is 1. The van der Waals surface area contributed by atoms with Crippen LogP contribution in [0.2, 0.25) is 0 Å². The maximum absolute atomic E-state index is 4.73. The van der Waals surface area contributed by atoms with Gasteiger partial charge in [-0.15, -0.1) is 0 Å². The number of aryl methyl sites for hydroxylation is 3. The van der Waals surface area contributed by atoms with Crippen LogP contribution >= 0.6 is 0 Å². The highest BCUT2D eigenvalue weighted by atomic mass is 15.3. The van der Waals surface area contributed by atoms with Crippen molar-refractivity contribution in [2.24, 2.45) is 12.0 Å². The number of aromatic nitrogens is 3. The molecule has 150 valence electrons. The molecular formula is C22H32N6. The quantitative estimate of drug-likeness (QED) is 0.358. The smallest absolute Gasteiger partial charge is 0.191 e. The maximum atomic E-state index is 4.73. The van der Waals surface area contributed by atoms with Crippen LogP contribution in [0.15, 0.2) is 41.5 Å². The maximum Gasteiger partial charge on any atom is 0.191 e. The van der Waals surface area contributed by atoms with Crippen molar-refractivity contribution >= 4 is 16.9 Å². The Morgan fingerprint density at radius 1 is 1.14 bits per heavy atom. The molecule has 0 radical (unpaired) electrons. The molecule has 1 aromatic carbocycles. The van der Waals surface area contributed by atoms with Crippen molar-refractivity contribution in [3.63, 3.8) is 0 Å². The molecule has 0 amide bonds. The predicted molar refractivity (Wildman–Crippen MR) is 117 cm³/mol. The average molecular weight is 381 g/mol. The Hall–Kier alpha value is -2.76. The molecule has 0 spiro atoms. The SMILES string of the molecule is CCNC(=NCCCn1ccc2ccccc21)NCCc1c(C)nn(C)c1C. The number of rotatable bonds is 8. The number of hydrogen-bond acceptors (Lipinski definition) is 2. The third-order valence-corrected chi connectivity index (χ3v) is 5.18. The summed E-state index contributed by atoms with van der Waals surface area (Å²) in [5.74, 6) is 0.888. The highest BCUT2D eigenvalue weighted by Gasteiger charge is 2.09. The van der Waals surface area contributed by atoms with Gasteiger partial charge in [0.05, 0.1) is 5.69 Å². The van der Waals surface area contributed by atoms with Gasteiger partial charge in [-0.1, -0.05) is 18.2 Å². The second-order valence-electron chi connectivity index (χ2n) is 7.13. The molecule has 28 heavy (non-hydrogen) atoms. The largest absolute Gasteiger partial charge is 0.357 e. The van der Waals surface area contributed by atoms with E-state index in [-0.39, 0.29) is 0 Å². The minimum absolute atomic E-state index is 0.798. The van der Waals surface area contributed by atoms with E-state index in [4.69, 9.17) is 4.99 Å². The number of para-hydroxylation sites is 1. The molecule has 6 nitrogen and oxygen atoms in total. The molecule has 0 saturated heterocycles. The number of nitrogens with one attached hydrogen (secondary N) is 2. The van der Waals surface area contributed by atoms with E-state index >= 15 is 0 Å². The van der Waals surface area contributed by atoms with E-state index in [0.29, 0.717) is 0 Å². The van der Waals surface area contributed by atoms with E-state index in [0.717, 1.165) is 50.7 Å². The van der Waals surface area contributed by atoms with Crippen molar-refractivity contribution in [3.8, 4) is 0 Å². The minimum atomic E-state index is 0.798. The first kappa shape index (κ1) is 20.0. The molecule has 0 aliphatic carbocycles. The van der Waals surface area contributed by atoms with Gasteiger partial charge in [-0.05, 0) is 56.7 Å². The standard InChI is InChI=1S/C22H32N6/c1-5-23-22(25-14-11-20-17(2)26-27(4)18(20)3)24-13-8-15-28-16-12-19-9-6-7-10-21(19)28/h6-7,9-10,12,16H,5,8,11,13-15H2,1-4H3,(H2,23,24,25). The summed E-state index contributed by atoms with van der Waals surface area (Å²) in [6.45, 7) is 9.78. The lowest BCUT2D eigenvalue weighted by Crippen LogP contribution is -2.38. The molecule has 2 aromatic heterocycles. The van der Waals surface area contributed by atoms with Crippen LogP contribution in [-0.2, 0) is 20.0 Å². The van der Waals surface area contributed by atoms with Gasteiger partial charge in [0.15, 0.2) is 5.96 Å². The molecule has 0 aliphatic rings. The Balaban J connectivity index is 1.49. The zero-order valence-corrected chi connectivity index (χ0v) is 17.5. The van der Waals surface area contributed by atoms with Crippen molar-refractivity contribution in [2.45, 2.75) is 40.2 Å². The van der Waals surface area contributed by atoms with Crippen molar-refractivity contribution in [1.82, 2.24) is 25.0 Å². The fourth-order valence-electron chi connectivity index (χ4n) is 3.59. The van der Waals surface area contributed by atoms with Gasteiger partial charge >= 0.3 is 0 Å². The molecule has 3 rings (SSSR count). The van der Waals surface area contributed by atoms with Crippen LogP contribution in [0.5, 0.6) is 0 Å². The van der Waals surface area contributed by atoms with E-state index < -0.39 is 0 Å². The molecule has 6 heteroatoms. The van der Waals surface area contributed by atoms with Crippen LogP contribution in [0.3, 0.4) is 0 Å². The predicted octanol–water partition coefficient (Wildman–Crippen LogP) is 3.18. The zero-order chi connectivity index (χ0) is 19.9. The Morgan fingerprint density at radius 2 is 1.96 bits per heavy atom. The fraction of sp³-hybridized carbons (Fsp3) is 0.455. The second kappa shape index (κ2) is 9.44.